The van der Waals surface area contributed by atoms with E-state index in [0.717, 1.165) is 17.1 Å². The van der Waals surface area contributed by atoms with Gasteiger partial charge in [-0.3, -0.25) is 0 Å². The Morgan fingerprint density at radius 1 is 1.18 bits per heavy atom. The van der Waals surface area contributed by atoms with E-state index in [4.69, 9.17) is 9.47 Å². The first-order valence-electron chi connectivity index (χ1n) is 5.15. The molecule has 1 atom stereocenters. The molecule has 1 heterocycles. The molecule has 1 aromatic carbocycles. The lowest BCUT2D eigenvalue weighted by Crippen LogP contribution is -1.96. The maximum Gasteiger partial charge on any atom is 0.123 e. The van der Waals surface area contributed by atoms with Gasteiger partial charge in [-0.2, -0.15) is 0 Å². The molecule has 0 saturated carbocycles. The maximum absolute atomic E-state index is 5.38. The fraction of sp³-hybridized carbons (Fsp3) is 0.231. The molecule has 0 bridgehead atoms. The van der Waals surface area contributed by atoms with Gasteiger partial charge in [0, 0.05) is 10.4 Å². The molecule has 0 radical (unpaired) electrons. The zero-order chi connectivity index (χ0) is 12.3. The quantitative estimate of drug-likeness (QED) is 0.786. The van der Waals surface area contributed by atoms with Crippen molar-refractivity contribution >= 4 is 27.3 Å². The number of methoxy groups -OCH3 is 2. The van der Waals surface area contributed by atoms with E-state index in [0.29, 0.717) is 0 Å². The lowest BCUT2D eigenvalue weighted by molar-refractivity contribution is 0.399. The van der Waals surface area contributed by atoms with E-state index in [1.54, 1.807) is 25.6 Å². The molecule has 1 unspecified atom stereocenters. The summed E-state index contributed by atoms with van der Waals surface area (Å²) in [5, 5.41) is 2.07. The molecule has 2 nitrogen and oxygen atoms in total. The number of hydrogen-bond donors (Lipinski definition) is 0. The Hall–Kier alpha value is -1.00. The third-order valence-electron chi connectivity index (χ3n) is 2.50. The predicted octanol–water partition coefficient (Wildman–Crippen LogP) is 4.25. The number of benzene rings is 1. The highest BCUT2D eigenvalue weighted by molar-refractivity contribution is 9.09. The Balaban J connectivity index is 2.41. The van der Waals surface area contributed by atoms with Gasteiger partial charge in [0.2, 0.25) is 0 Å². The van der Waals surface area contributed by atoms with Crippen LogP contribution in [0.25, 0.3) is 0 Å². The number of hydrogen-bond acceptors (Lipinski definition) is 3. The van der Waals surface area contributed by atoms with Crippen molar-refractivity contribution in [2.45, 2.75) is 4.83 Å². The van der Waals surface area contributed by atoms with Crippen molar-refractivity contribution < 1.29 is 9.47 Å². The lowest BCUT2D eigenvalue weighted by atomic mass is 10.1. The third kappa shape index (κ3) is 2.64. The van der Waals surface area contributed by atoms with Crippen LogP contribution in [0.3, 0.4) is 0 Å². The SMILES string of the molecule is COc1ccc(OC)c(C(Br)c2cccs2)c1. The molecule has 0 N–H and O–H groups in total. The predicted molar refractivity (Wildman–Crippen MR) is 74.6 cm³/mol. The van der Waals surface area contributed by atoms with Crippen LogP contribution >= 0.6 is 27.3 Å². The Bertz CT molecular complexity index is 482. The summed E-state index contributed by atoms with van der Waals surface area (Å²) in [6.45, 7) is 0. The molecule has 0 spiro atoms. The van der Waals surface area contributed by atoms with Gasteiger partial charge in [-0.15, -0.1) is 11.3 Å². The highest BCUT2D eigenvalue weighted by Gasteiger charge is 2.16. The van der Waals surface area contributed by atoms with Crippen LogP contribution in [0.15, 0.2) is 35.7 Å². The van der Waals surface area contributed by atoms with E-state index in [9.17, 15) is 0 Å². The molecule has 0 aliphatic carbocycles. The number of thiophene rings is 1. The van der Waals surface area contributed by atoms with E-state index in [-0.39, 0.29) is 4.83 Å². The molecule has 2 aromatic rings. The van der Waals surface area contributed by atoms with Gasteiger partial charge >= 0.3 is 0 Å². The fourth-order valence-electron chi connectivity index (χ4n) is 1.63. The maximum atomic E-state index is 5.38. The Morgan fingerprint density at radius 2 is 2.00 bits per heavy atom. The topological polar surface area (TPSA) is 18.5 Å². The van der Waals surface area contributed by atoms with Crippen molar-refractivity contribution in [1.29, 1.82) is 0 Å². The second kappa shape index (κ2) is 5.56. The number of alkyl halides is 1. The number of rotatable bonds is 4. The van der Waals surface area contributed by atoms with Crippen molar-refractivity contribution in [3.63, 3.8) is 0 Å². The summed E-state index contributed by atoms with van der Waals surface area (Å²) in [7, 11) is 3.35. The highest BCUT2D eigenvalue weighted by Crippen LogP contribution is 2.40. The molecule has 0 aliphatic rings. The second-order valence-corrected chi connectivity index (χ2v) is 5.38. The van der Waals surface area contributed by atoms with Crippen LogP contribution in [0.1, 0.15) is 15.3 Å². The first-order valence-corrected chi connectivity index (χ1v) is 6.95. The van der Waals surface area contributed by atoms with Gasteiger partial charge in [-0.1, -0.05) is 22.0 Å². The van der Waals surface area contributed by atoms with E-state index in [1.807, 2.05) is 24.3 Å². The van der Waals surface area contributed by atoms with Crippen molar-refractivity contribution in [3.8, 4) is 11.5 Å². The fourth-order valence-corrected chi connectivity index (χ4v) is 3.18. The van der Waals surface area contributed by atoms with Crippen LogP contribution in [0.2, 0.25) is 0 Å². The van der Waals surface area contributed by atoms with Gasteiger partial charge in [0.05, 0.1) is 19.0 Å². The highest BCUT2D eigenvalue weighted by atomic mass is 79.9. The minimum Gasteiger partial charge on any atom is -0.497 e. The minimum atomic E-state index is 0.132. The molecule has 1 aromatic heterocycles. The monoisotopic (exact) mass is 312 g/mol. The van der Waals surface area contributed by atoms with Gasteiger partial charge in [0.25, 0.3) is 0 Å². The van der Waals surface area contributed by atoms with E-state index >= 15 is 0 Å². The molecule has 0 aliphatic heterocycles. The Morgan fingerprint density at radius 3 is 2.59 bits per heavy atom. The standard InChI is InChI=1S/C13H13BrO2S/c1-15-9-5-6-11(16-2)10(8-9)13(14)12-4-3-7-17-12/h3-8,13H,1-2H3. The van der Waals surface area contributed by atoms with Gasteiger partial charge in [-0.05, 0) is 29.6 Å². The largest absolute Gasteiger partial charge is 0.497 e. The Kier molecular flexibility index (Phi) is 4.07. The number of ether oxygens (including phenoxy) is 2. The van der Waals surface area contributed by atoms with Crippen LogP contribution in [-0.4, -0.2) is 14.2 Å². The molecule has 0 amide bonds. The van der Waals surface area contributed by atoms with E-state index < -0.39 is 0 Å². The first-order chi connectivity index (χ1) is 8.26. The van der Waals surface area contributed by atoms with Crippen LogP contribution in [0, 0.1) is 0 Å². The third-order valence-corrected chi connectivity index (χ3v) is 4.73. The summed E-state index contributed by atoms with van der Waals surface area (Å²) >= 11 is 5.42. The smallest absolute Gasteiger partial charge is 0.123 e. The summed E-state index contributed by atoms with van der Waals surface area (Å²) in [5.74, 6) is 1.70. The summed E-state index contributed by atoms with van der Waals surface area (Å²) in [4.78, 5) is 1.38. The van der Waals surface area contributed by atoms with E-state index in [2.05, 4.69) is 27.4 Å². The zero-order valence-electron chi connectivity index (χ0n) is 9.64. The van der Waals surface area contributed by atoms with Gasteiger partial charge < -0.3 is 9.47 Å². The van der Waals surface area contributed by atoms with Crippen LogP contribution < -0.4 is 9.47 Å². The van der Waals surface area contributed by atoms with Gasteiger partial charge in [0.15, 0.2) is 0 Å². The molecule has 2 rings (SSSR count). The van der Waals surface area contributed by atoms with Crippen LogP contribution in [-0.2, 0) is 0 Å². The summed E-state index contributed by atoms with van der Waals surface area (Å²) in [6, 6.07) is 9.97. The summed E-state index contributed by atoms with van der Waals surface area (Å²) < 4.78 is 10.6. The zero-order valence-corrected chi connectivity index (χ0v) is 12.0. The minimum absolute atomic E-state index is 0.132. The lowest BCUT2D eigenvalue weighted by Gasteiger charge is -2.14. The number of halogens is 1. The molecular formula is C13H13BrO2S. The van der Waals surface area contributed by atoms with E-state index in [1.165, 1.54) is 4.88 Å². The van der Waals surface area contributed by atoms with Crippen molar-refractivity contribution in [3.05, 3.63) is 46.2 Å². The average molecular weight is 313 g/mol. The molecule has 17 heavy (non-hydrogen) atoms. The molecule has 90 valence electrons. The normalized spacial score (nSPS) is 12.2. The first kappa shape index (κ1) is 12.5. The summed E-state index contributed by atoms with van der Waals surface area (Å²) in [6.07, 6.45) is 0. The van der Waals surface area contributed by atoms with Crippen molar-refractivity contribution in [2.75, 3.05) is 14.2 Å². The van der Waals surface area contributed by atoms with Gasteiger partial charge in [0.1, 0.15) is 11.5 Å². The second-order valence-electron chi connectivity index (χ2n) is 3.49. The van der Waals surface area contributed by atoms with Crippen molar-refractivity contribution in [1.82, 2.24) is 0 Å². The molecule has 4 heteroatoms. The average Bonchev–Trinajstić information content (AvgIpc) is 2.91. The molecule has 0 saturated heterocycles. The van der Waals surface area contributed by atoms with Crippen LogP contribution in [0.5, 0.6) is 11.5 Å². The molecule has 0 fully saturated rings. The van der Waals surface area contributed by atoms with Gasteiger partial charge in [-0.25, -0.2) is 0 Å². The van der Waals surface area contributed by atoms with Crippen molar-refractivity contribution in [2.24, 2.45) is 0 Å². The Labute approximate surface area is 113 Å². The van der Waals surface area contributed by atoms with Crippen LogP contribution in [0.4, 0.5) is 0 Å². The molecular weight excluding hydrogens is 300 g/mol. The summed E-state index contributed by atoms with van der Waals surface area (Å²) in [5.41, 5.74) is 1.08.